The van der Waals surface area contributed by atoms with Crippen LogP contribution in [0.1, 0.15) is 26.2 Å². The first kappa shape index (κ1) is 6.20. The van der Waals surface area contributed by atoms with Crippen molar-refractivity contribution in [1.29, 1.82) is 0 Å². The summed E-state index contributed by atoms with van der Waals surface area (Å²) in [6.07, 6.45) is 3.33. The summed E-state index contributed by atoms with van der Waals surface area (Å²) in [4.78, 5) is 10.4. The quantitative estimate of drug-likeness (QED) is 0.547. The maximum absolute atomic E-state index is 10.4. The largest absolute Gasteiger partial charge is 0.550 e. The lowest BCUT2D eigenvalue weighted by molar-refractivity contribution is -0.308. The Kier molecular flexibility index (Phi) is 0.960. The molecule has 0 spiro atoms. The van der Waals surface area contributed by atoms with Gasteiger partial charge in [0.15, 0.2) is 0 Å². The van der Waals surface area contributed by atoms with E-state index in [0.717, 1.165) is 6.42 Å². The van der Waals surface area contributed by atoms with Gasteiger partial charge < -0.3 is 9.90 Å². The smallest absolute Gasteiger partial charge is 0.0451 e. The zero-order chi connectivity index (χ0) is 7.35. The second-order valence-corrected chi connectivity index (χ2v) is 3.86. The number of hydrogen-bond acceptors (Lipinski definition) is 2. The summed E-state index contributed by atoms with van der Waals surface area (Å²) in [5.41, 5.74) is 0.138. The first-order chi connectivity index (χ1) is 4.64. The Morgan fingerprint density at radius 1 is 1.60 bits per heavy atom. The zero-order valence-electron chi connectivity index (χ0n) is 6.09. The van der Waals surface area contributed by atoms with Crippen LogP contribution in [-0.4, -0.2) is 5.97 Å². The van der Waals surface area contributed by atoms with E-state index < -0.39 is 5.97 Å². The normalized spacial score (nSPS) is 45.1. The van der Waals surface area contributed by atoms with Gasteiger partial charge in [-0.2, -0.15) is 0 Å². The van der Waals surface area contributed by atoms with Gasteiger partial charge in [0.05, 0.1) is 0 Å². The Bertz CT molecular complexity index is 184. The van der Waals surface area contributed by atoms with Crippen LogP contribution in [0.3, 0.4) is 0 Å². The minimum Gasteiger partial charge on any atom is -0.550 e. The maximum atomic E-state index is 10.4. The molecule has 0 bridgehead atoms. The molecule has 0 saturated heterocycles. The van der Waals surface area contributed by atoms with E-state index >= 15 is 0 Å². The van der Waals surface area contributed by atoms with Crippen molar-refractivity contribution >= 4 is 5.97 Å². The summed E-state index contributed by atoms with van der Waals surface area (Å²) >= 11 is 0. The fraction of sp³-hybridized carbons (Fsp3) is 0.875. The fourth-order valence-electron chi connectivity index (χ4n) is 1.93. The van der Waals surface area contributed by atoms with Crippen molar-refractivity contribution in [1.82, 2.24) is 0 Å². The van der Waals surface area contributed by atoms with Crippen LogP contribution in [0.5, 0.6) is 0 Å². The SMILES string of the molecule is C[C@@]1(C2CC2)C[C@H]1C(=O)[O-]. The molecule has 0 aromatic rings. The number of carbonyl (C=O) groups is 1. The molecule has 2 atom stereocenters. The fourth-order valence-corrected chi connectivity index (χ4v) is 1.93. The molecule has 2 saturated carbocycles. The van der Waals surface area contributed by atoms with Crippen LogP contribution in [-0.2, 0) is 4.79 Å². The molecule has 0 radical (unpaired) electrons. The van der Waals surface area contributed by atoms with Crippen molar-refractivity contribution in [3.8, 4) is 0 Å². The number of carbonyl (C=O) groups excluding carboxylic acids is 1. The standard InChI is InChI=1S/C8H12O2/c1-8(5-2-3-5)4-6(8)7(9)10/h5-6H,2-4H2,1H3,(H,9,10)/p-1/t6-,8-/m0/s1. The van der Waals surface area contributed by atoms with Crippen molar-refractivity contribution in [2.75, 3.05) is 0 Å². The lowest BCUT2D eigenvalue weighted by atomic mass is 10.0. The predicted molar refractivity (Wildman–Crippen MR) is 33.9 cm³/mol. The minimum absolute atomic E-state index is 0.125. The van der Waals surface area contributed by atoms with Crippen molar-refractivity contribution in [3.05, 3.63) is 0 Å². The molecule has 10 heavy (non-hydrogen) atoms. The molecule has 2 fully saturated rings. The summed E-state index contributed by atoms with van der Waals surface area (Å²) in [6.45, 7) is 2.07. The molecule has 0 N–H and O–H groups in total. The third-order valence-electron chi connectivity index (χ3n) is 3.07. The van der Waals surface area contributed by atoms with E-state index in [9.17, 15) is 9.90 Å². The number of carboxylic acid groups (broad SMARTS) is 1. The average molecular weight is 139 g/mol. The lowest BCUT2D eigenvalue weighted by Crippen LogP contribution is -2.27. The molecule has 0 amide bonds. The average Bonchev–Trinajstić information content (AvgIpc) is 2.49. The van der Waals surface area contributed by atoms with Gasteiger partial charge in [0, 0.05) is 11.9 Å². The van der Waals surface area contributed by atoms with Crippen molar-refractivity contribution in [2.24, 2.45) is 17.3 Å². The van der Waals surface area contributed by atoms with Crippen molar-refractivity contribution in [3.63, 3.8) is 0 Å². The van der Waals surface area contributed by atoms with Gasteiger partial charge in [0.1, 0.15) is 0 Å². The van der Waals surface area contributed by atoms with Crippen LogP contribution >= 0.6 is 0 Å². The van der Waals surface area contributed by atoms with Crippen molar-refractivity contribution in [2.45, 2.75) is 26.2 Å². The summed E-state index contributed by atoms with van der Waals surface area (Å²) < 4.78 is 0. The highest BCUT2D eigenvalue weighted by Gasteiger charge is 2.58. The van der Waals surface area contributed by atoms with E-state index in [2.05, 4.69) is 6.92 Å². The van der Waals surface area contributed by atoms with Gasteiger partial charge >= 0.3 is 0 Å². The van der Waals surface area contributed by atoms with Gasteiger partial charge in [-0.1, -0.05) is 6.92 Å². The summed E-state index contributed by atoms with van der Waals surface area (Å²) in [6, 6.07) is 0. The molecule has 2 heteroatoms. The first-order valence-electron chi connectivity index (χ1n) is 3.85. The number of hydrogen-bond donors (Lipinski definition) is 0. The summed E-state index contributed by atoms with van der Waals surface area (Å²) in [7, 11) is 0. The van der Waals surface area contributed by atoms with Crippen molar-refractivity contribution < 1.29 is 9.90 Å². The van der Waals surface area contributed by atoms with Crippen LogP contribution in [0.2, 0.25) is 0 Å². The van der Waals surface area contributed by atoms with Gasteiger partial charge in [-0.25, -0.2) is 0 Å². The molecule has 2 nitrogen and oxygen atoms in total. The van der Waals surface area contributed by atoms with Crippen LogP contribution in [0.4, 0.5) is 0 Å². The van der Waals surface area contributed by atoms with Gasteiger partial charge in [0.2, 0.25) is 0 Å². The molecular weight excluding hydrogens is 128 g/mol. The Morgan fingerprint density at radius 2 is 2.20 bits per heavy atom. The Hall–Kier alpha value is -0.530. The molecule has 0 aliphatic heterocycles. The molecule has 0 heterocycles. The Morgan fingerprint density at radius 3 is 2.50 bits per heavy atom. The maximum Gasteiger partial charge on any atom is 0.0451 e. The van der Waals surface area contributed by atoms with E-state index in [1.54, 1.807) is 0 Å². The topological polar surface area (TPSA) is 40.1 Å². The molecular formula is C8H11O2-. The molecule has 2 aliphatic rings. The molecule has 0 unspecified atom stereocenters. The Balaban J connectivity index is 2.02. The number of aliphatic carboxylic acids is 1. The Labute approximate surface area is 60.2 Å². The van der Waals surface area contributed by atoms with E-state index in [1.807, 2.05) is 0 Å². The van der Waals surface area contributed by atoms with E-state index in [1.165, 1.54) is 12.8 Å². The van der Waals surface area contributed by atoms with Crippen LogP contribution < -0.4 is 5.11 Å². The molecule has 2 rings (SSSR count). The second-order valence-electron chi connectivity index (χ2n) is 3.86. The molecule has 56 valence electrons. The zero-order valence-corrected chi connectivity index (χ0v) is 6.09. The van der Waals surface area contributed by atoms with Gasteiger partial charge in [-0.3, -0.25) is 0 Å². The number of carboxylic acids is 1. The van der Waals surface area contributed by atoms with E-state index in [-0.39, 0.29) is 11.3 Å². The van der Waals surface area contributed by atoms with Crippen LogP contribution in [0.25, 0.3) is 0 Å². The monoisotopic (exact) mass is 139 g/mol. The molecule has 0 aromatic carbocycles. The lowest BCUT2D eigenvalue weighted by Gasteiger charge is -2.08. The summed E-state index contributed by atoms with van der Waals surface area (Å²) in [5, 5.41) is 10.4. The highest BCUT2D eigenvalue weighted by Crippen LogP contribution is 2.64. The van der Waals surface area contributed by atoms with Crippen LogP contribution in [0.15, 0.2) is 0 Å². The number of rotatable bonds is 2. The molecule has 2 aliphatic carbocycles. The van der Waals surface area contributed by atoms with E-state index in [0.29, 0.717) is 5.92 Å². The summed E-state index contributed by atoms with van der Waals surface area (Å²) in [5.74, 6) is -0.259. The van der Waals surface area contributed by atoms with Gasteiger partial charge in [-0.15, -0.1) is 0 Å². The third kappa shape index (κ3) is 0.678. The van der Waals surface area contributed by atoms with Crippen LogP contribution in [0, 0.1) is 17.3 Å². The highest BCUT2D eigenvalue weighted by molar-refractivity contribution is 5.72. The highest BCUT2D eigenvalue weighted by atomic mass is 16.4. The third-order valence-corrected chi connectivity index (χ3v) is 3.07. The predicted octanol–water partition coefficient (Wildman–Crippen LogP) is 0.172. The van der Waals surface area contributed by atoms with E-state index in [4.69, 9.17) is 0 Å². The minimum atomic E-state index is -0.839. The van der Waals surface area contributed by atoms with Gasteiger partial charge in [-0.05, 0) is 30.6 Å². The molecule has 0 aromatic heterocycles. The van der Waals surface area contributed by atoms with Gasteiger partial charge in [0.25, 0.3) is 0 Å². The second kappa shape index (κ2) is 1.55. The first-order valence-corrected chi connectivity index (χ1v) is 3.85.